The molecule has 30 heavy (non-hydrogen) atoms. The van der Waals surface area contributed by atoms with Crippen molar-refractivity contribution >= 4 is 16.2 Å². The van der Waals surface area contributed by atoms with Crippen LogP contribution in [-0.2, 0) is 22.0 Å². The molecule has 1 spiro atoms. The van der Waals surface area contributed by atoms with Gasteiger partial charge in [0.15, 0.2) is 11.5 Å². The molecule has 1 aromatic carbocycles. The number of alkyl halides is 3. The fourth-order valence-corrected chi connectivity index (χ4v) is 5.98. The SMILES string of the molecule is O=C(O)N1CCC23c4c5ccc(OS(=O)(=O)C(F)(F)F)c4O[C@H]2[C@@H](O)C=CC3C1C5. The van der Waals surface area contributed by atoms with Gasteiger partial charge in [-0.15, -0.1) is 0 Å². The topological polar surface area (TPSA) is 113 Å². The minimum atomic E-state index is -5.91. The molecule has 2 heterocycles. The minimum Gasteiger partial charge on any atom is -0.482 e. The number of carboxylic acid groups (broad SMARTS) is 1. The van der Waals surface area contributed by atoms with Crippen molar-refractivity contribution in [2.75, 3.05) is 6.54 Å². The molecule has 2 bridgehead atoms. The third-order valence-electron chi connectivity index (χ3n) is 6.59. The van der Waals surface area contributed by atoms with E-state index in [0.29, 0.717) is 11.1 Å². The van der Waals surface area contributed by atoms with Crippen molar-refractivity contribution in [3.63, 3.8) is 0 Å². The van der Waals surface area contributed by atoms with Gasteiger partial charge in [0, 0.05) is 29.5 Å². The Kier molecular flexibility index (Phi) is 3.78. The summed E-state index contributed by atoms with van der Waals surface area (Å²) in [6.45, 7) is 0.154. The van der Waals surface area contributed by atoms with Crippen LogP contribution in [0.1, 0.15) is 17.5 Å². The van der Waals surface area contributed by atoms with Crippen LogP contribution in [0.2, 0.25) is 0 Å². The summed E-state index contributed by atoms with van der Waals surface area (Å²) in [5.41, 5.74) is -5.36. The first-order chi connectivity index (χ1) is 14.0. The lowest BCUT2D eigenvalue weighted by atomic mass is 9.53. The molecule has 5 rings (SSSR count). The number of amides is 1. The van der Waals surface area contributed by atoms with Crippen LogP contribution in [0.3, 0.4) is 0 Å². The van der Waals surface area contributed by atoms with Crippen molar-refractivity contribution in [3.05, 3.63) is 35.4 Å². The number of piperidine rings is 1. The highest BCUT2D eigenvalue weighted by molar-refractivity contribution is 7.88. The van der Waals surface area contributed by atoms with Crippen LogP contribution in [0.4, 0.5) is 18.0 Å². The van der Waals surface area contributed by atoms with E-state index < -0.39 is 51.1 Å². The third kappa shape index (κ3) is 2.31. The number of rotatable bonds is 2. The first kappa shape index (κ1) is 19.5. The molecule has 162 valence electrons. The Bertz CT molecular complexity index is 1090. The van der Waals surface area contributed by atoms with E-state index >= 15 is 0 Å². The van der Waals surface area contributed by atoms with Crippen molar-refractivity contribution < 1.29 is 45.5 Å². The Balaban J connectivity index is 1.68. The van der Waals surface area contributed by atoms with Gasteiger partial charge in [-0.05, 0) is 24.5 Å². The lowest BCUT2D eigenvalue weighted by Crippen LogP contribution is -2.66. The summed E-state index contributed by atoms with van der Waals surface area (Å²) in [5, 5.41) is 20.1. The van der Waals surface area contributed by atoms with Gasteiger partial charge in [-0.2, -0.15) is 21.6 Å². The van der Waals surface area contributed by atoms with Crippen LogP contribution < -0.4 is 8.92 Å². The molecule has 2 aliphatic carbocycles. The van der Waals surface area contributed by atoms with Crippen LogP contribution in [0, 0.1) is 5.92 Å². The molecule has 2 aliphatic heterocycles. The summed E-state index contributed by atoms with van der Waals surface area (Å²) in [6, 6.07) is 2.08. The average molecular weight is 447 g/mol. The Morgan fingerprint density at radius 2 is 2.03 bits per heavy atom. The zero-order valence-electron chi connectivity index (χ0n) is 15.2. The summed E-state index contributed by atoms with van der Waals surface area (Å²) in [4.78, 5) is 13.1. The molecule has 0 aromatic heterocycles. The van der Waals surface area contributed by atoms with Crippen LogP contribution in [0.25, 0.3) is 0 Å². The van der Waals surface area contributed by atoms with Gasteiger partial charge in [0.05, 0.1) is 0 Å². The van der Waals surface area contributed by atoms with Gasteiger partial charge in [0.2, 0.25) is 0 Å². The maximum atomic E-state index is 12.8. The standard InChI is InChI=1S/C18H16F3NO7S/c19-18(20,21)30(26,27)29-12-4-1-8-7-10-9-2-3-11(23)15-17(9,13(8)14(12)28-15)5-6-22(10)16(24)25/h1-4,9-11,15,23H,5-7H2,(H,24,25)/t9?,10?,11-,15-,17?/m0/s1. The van der Waals surface area contributed by atoms with Crippen molar-refractivity contribution in [2.24, 2.45) is 5.92 Å². The molecule has 5 atom stereocenters. The number of carbonyl (C=O) groups is 1. The largest absolute Gasteiger partial charge is 0.534 e. The molecule has 1 amide bonds. The molecule has 1 fully saturated rings. The highest BCUT2D eigenvalue weighted by atomic mass is 32.2. The van der Waals surface area contributed by atoms with E-state index in [-0.39, 0.29) is 31.1 Å². The summed E-state index contributed by atoms with van der Waals surface area (Å²) in [7, 11) is -5.91. The molecule has 12 heteroatoms. The molecule has 3 unspecified atom stereocenters. The number of likely N-dealkylation sites (tertiary alicyclic amines) is 1. The number of halogens is 3. The molecule has 2 N–H and O–H groups in total. The van der Waals surface area contributed by atoms with E-state index in [1.807, 2.05) is 0 Å². The van der Waals surface area contributed by atoms with E-state index in [9.17, 15) is 36.6 Å². The number of hydrogen-bond donors (Lipinski definition) is 2. The maximum absolute atomic E-state index is 12.8. The normalized spacial score (nSPS) is 33.7. The first-order valence-electron chi connectivity index (χ1n) is 9.17. The zero-order valence-corrected chi connectivity index (χ0v) is 16.0. The second-order valence-electron chi connectivity index (χ2n) is 7.89. The summed E-state index contributed by atoms with van der Waals surface area (Å²) in [6.07, 6.45) is 0.691. The highest BCUT2D eigenvalue weighted by Gasteiger charge is 2.65. The monoisotopic (exact) mass is 447 g/mol. The molecular formula is C18H16F3NO7S. The number of hydrogen-bond acceptors (Lipinski definition) is 6. The molecule has 0 saturated carbocycles. The van der Waals surface area contributed by atoms with Crippen LogP contribution in [0.15, 0.2) is 24.3 Å². The van der Waals surface area contributed by atoms with Crippen LogP contribution >= 0.6 is 0 Å². The summed E-state index contributed by atoms with van der Waals surface area (Å²) >= 11 is 0. The van der Waals surface area contributed by atoms with Crippen molar-refractivity contribution in [1.82, 2.24) is 4.90 Å². The molecule has 1 saturated heterocycles. The lowest BCUT2D eigenvalue weighted by Gasteiger charge is -2.56. The fourth-order valence-electron chi connectivity index (χ4n) is 5.51. The summed E-state index contributed by atoms with van der Waals surface area (Å²) in [5.74, 6) is -1.11. The van der Waals surface area contributed by atoms with Crippen molar-refractivity contribution in [1.29, 1.82) is 0 Å². The van der Waals surface area contributed by atoms with Crippen molar-refractivity contribution in [3.8, 4) is 11.5 Å². The lowest BCUT2D eigenvalue weighted by molar-refractivity contribution is -0.0508. The van der Waals surface area contributed by atoms with E-state index in [2.05, 4.69) is 4.18 Å². The Labute approximate surface area is 168 Å². The molecular weight excluding hydrogens is 431 g/mol. The summed E-state index contributed by atoms with van der Waals surface area (Å²) < 4.78 is 71.9. The number of ether oxygens (including phenoxy) is 1. The number of aliphatic hydroxyl groups is 1. The molecule has 4 aliphatic rings. The Morgan fingerprint density at radius 1 is 1.30 bits per heavy atom. The molecule has 8 nitrogen and oxygen atoms in total. The van der Waals surface area contributed by atoms with Gasteiger partial charge in [0.1, 0.15) is 12.2 Å². The van der Waals surface area contributed by atoms with E-state index in [0.717, 1.165) is 6.07 Å². The van der Waals surface area contributed by atoms with E-state index in [1.54, 1.807) is 6.08 Å². The van der Waals surface area contributed by atoms with Crippen LogP contribution in [-0.4, -0.2) is 59.9 Å². The van der Waals surface area contributed by atoms with E-state index in [4.69, 9.17) is 4.74 Å². The highest BCUT2D eigenvalue weighted by Crippen LogP contribution is 2.62. The number of benzene rings is 1. The van der Waals surface area contributed by atoms with Gasteiger partial charge < -0.3 is 24.0 Å². The fraction of sp³-hybridized carbons (Fsp3) is 0.500. The van der Waals surface area contributed by atoms with E-state index in [1.165, 1.54) is 17.0 Å². The Morgan fingerprint density at radius 3 is 2.70 bits per heavy atom. The Hall–Kier alpha value is -2.47. The van der Waals surface area contributed by atoms with Crippen LogP contribution in [0.5, 0.6) is 11.5 Å². The third-order valence-corrected chi connectivity index (χ3v) is 7.55. The predicted molar refractivity (Wildman–Crippen MR) is 93.6 cm³/mol. The smallest absolute Gasteiger partial charge is 0.482 e. The average Bonchev–Trinajstić information content (AvgIpc) is 2.98. The zero-order chi connectivity index (χ0) is 21.6. The molecule has 0 radical (unpaired) electrons. The number of nitrogens with zero attached hydrogens (tertiary/aromatic N) is 1. The van der Waals surface area contributed by atoms with Gasteiger partial charge in [-0.1, -0.05) is 18.2 Å². The maximum Gasteiger partial charge on any atom is 0.534 e. The van der Waals surface area contributed by atoms with Gasteiger partial charge in [-0.3, -0.25) is 0 Å². The molecule has 1 aromatic rings. The second kappa shape index (κ2) is 5.82. The minimum absolute atomic E-state index is 0.139. The van der Waals surface area contributed by atoms with Gasteiger partial charge >= 0.3 is 21.7 Å². The van der Waals surface area contributed by atoms with Crippen molar-refractivity contribution in [2.45, 2.75) is 42.0 Å². The quantitative estimate of drug-likeness (QED) is 0.404. The first-order valence-corrected chi connectivity index (χ1v) is 10.6. The second-order valence-corrected chi connectivity index (χ2v) is 9.43. The predicted octanol–water partition coefficient (Wildman–Crippen LogP) is 1.77. The van der Waals surface area contributed by atoms with Gasteiger partial charge in [0.25, 0.3) is 0 Å². The number of aliphatic hydroxyl groups excluding tert-OH is 1. The van der Waals surface area contributed by atoms with Gasteiger partial charge in [-0.25, -0.2) is 4.79 Å².